The second-order valence-electron chi connectivity index (χ2n) is 6.61. The fourth-order valence-corrected chi connectivity index (χ4v) is 4.51. The maximum atomic E-state index is 12.9. The summed E-state index contributed by atoms with van der Waals surface area (Å²) in [6.45, 7) is 0. The maximum Gasteiger partial charge on any atom is 0.283 e. The molecule has 0 bridgehead atoms. The zero-order chi connectivity index (χ0) is 21.1. The summed E-state index contributed by atoms with van der Waals surface area (Å²) in [6, 6.07) is 24.9. The number of thiazole rings is 1. The molecule has 4 nitrogen and oxygen atoms in total. The molecular weight excluding hydrogens is 416 g/mol. The number of carbonyl (C=O) groups is 1. The summed E-state index contributed by atoms with van der Waals surface area (Å²) < 4.78 is 7.26. The van der Waals surface area contributed by atoms with Gasteiger partial charge < -0.3 is 9.30 Å². The minimum atomic E-state index is -0.341. The molecule has 1 heterocycles. The summed E-state index contributed by atoms with van der Waals surface area (Å²) in [5, 5.41) is 0.675. The van der Waals surface area contributed by atoms with Gasteiger partial charge in [0, 0.05) is 12.1 Å². The van der Waals surface area contributed by atoms with E-state index < -0.39 is 0 Å². The lowest BCUT2D eigenvalue weighted by molar-refractivity contribution is 0.0995. The predicted octanol–water partition coefficient (Wildman–Crippen LogP) is 5.82. The van der Waals surface area contributed by atoms with Crippen molar-refractivity contribution in [1.82, 2.24) is 4.57 Å². The van der Waals surface area contributed by atoms with E-state index in [4.69, 9.17) is 16.3 Å². The highest BCUT2D eigenvalue weighted by Crippen LogP contribution is 2.34. The average Bonchev–Trinajstić information content (AvgIpc) is 3.10. The molecule has 0 atom stereocenters. The van der Waals surface area contributed by atoms with Crippen LogP contribution < -0.4 is 9.54 Å². The molecule has 0 unspecified atom stereocenters. The highest BCUT2D eigenvalue weighted by Gasteiger charge is 2.17. The Morgan fingerprint density at radius 2 is 1.60 bits per heavy atom. The molecule has 1 aromatic heterocycles. The van der Waals surface area contributed by atoms with Crippen molar-refractivity contribution in [2.24, 2.45) is 12.0 Å². The summed E-state index contributed by atoms with van der Waals surface area (Å²) >= 11 is 7.56. The largest absolute Gasteiger partial charge is 0.496 e. The Hall–Kier alpha value is -3.15. The monoisotopic (exact) mass is 434 g/mol. The number of hydrogen-bond acceptors (Lipinski definition) is 3. The predicted molar refractivity (Wildman–Crippen MR) is 122 cm³/mol. The number of halogens is 1. The van der Waals surface area contributed by atoms with Gasteiger partial charge in [0.1, 0.15) is 5.75 Å². The summed E-state index contributed by atoms with van der Waals surface area (Å²) in [5.74, 6) is 0.165. The number of rotatable bonds is 4. The molecule has 0 N–H and O–H groups in total. The van der Waals surface area contributed by atoms with Gasteiger partial charge in [-0.15, -0.1) is 0 Å². The van der Waals surface area contributed by atoms with E-state index in [0.29, 0.717) is 21.1 Å². The van der Waals surface area contributed by atoms with E-state index in [1.807, 2.05) is 60.1 Å². The normalized spacial score (nSPS) is 11.5. The maximum absolute atomic E-state index is 12.9. The van der Waals surface area contributed by atoms with Crippen molar-refractivity contribution in [2.75, 3.05) is 7.11 Å². The number of amides is 1. The van der Waals surface area contributed by atoms with Gasteiger partial charge in [0.25, 0.3) is 5.91 Å². The Morgan fingerprint density at radius 3 is 2.30 bits per heavy atom. The molecule has 0 fully saturated rings. The highest BCUT2D eigenvalue weighted by molar-refractivity contribution is 7.13. The Balaban J connectivity index is 1.90. The minimum Gasteiger partial charge on any atom is -0.496 e. The molecule has 0 spiro atoms. The van der Waals surface area contributed by atoms with E-state index in [9.17, 15) is 4.79 Å². The quantitative estimate of drug-likeness (QED) is 0.406. The lowest BCUT2D eigenvalue weighted by Gasteiger charge is -2.07. The molecule has 1 amide bonds. The van der Waals surface area contributed by atoms with E-state index in [2.05, 4.69) is 17.1 Å². The van der Waals surface area contributed by atoms with Gasteiger partial charge in [-0.3, -0.25) is 4.79 Å². The molecule has 6 heteroatoms. The fourth-order valence-electron chi connectivity index (χ4n) is 3.24. The number of para-hydroxylation sites is 1. The van der Waals surface area contributed by atoms with Crippen LogP contribution in [-0.4, -0.2) is 17.6 Å². The zero-order valence-electron chi connectivity index (χ0n) is 16.5. The third-order valence-corrected chi connectivity index (χ3v) is 6.15. The van der Waals surface area contributed by atoms with Crippen molar-refractivity contribution in [3.8, 4) is 27.4 Å². The molecule has 0 aliphatic rings. The molecule has 4 rings (SSSR count). The summed E-state index contributed by atoms with van der Waals surface area (Å²) in [7, 11) is 3.46. The molecule has 4 aromatic rings. The Kier molecular flexibility index (Phi) is 5.84. The van der Waals surface area contributed by atoms with E-state index in [1.165, 1.54) is 11.3 Å². The highest BCUT2D eigenvalue weighted by atomic mass is 35.5. The number of aromatic nitrogens is 1. The lowest BCUT2D eigenvalue weighted by atomic mass is 10.1. The van der Waals surface area contributed by atoms with E-state index >= 15 is 0 Å². The smallest absolute Gasteiger partial charge is 0.283 e. The first kappa shape index (κ1) is 20.1. The van der Waals surface area contributed by atoms with Crippen LogP contribution in [0.25, 0.3) is 21.7 Å². The molecule has 3 aromatic carbocycles. The first-order valence-corrected chi connectivity index (χ1v) is 10.5. The molecule has 0 saturated carbocycles. The Bertz CT molecular complexity index is 1260. The van der Waals surface area contributed by atoms with Crippen molar-refractivity contribution in [3.63, 3.8) is 0 Å². The molecule has 0 aliphatic carbocycles. The van der Waals surface area contributed by atoms with Gasteiger partial charge in [0.15, 0.2) is 4.80 Å². The second kappa shape index (κ2) is 8.69. The summed E-state index contributed by atoms with van der Waals surface area (Å²) in [4.78, 5) is 19.0. The van der Waals surface area contributed by atoms with Crippen molar-refractivity contribution >= 4 is 28.8 Å². The van der Waals surface area contributed by atoms with Gasteiger partial charge >= 0.3 is 0 Å². The summed E-state index contributed by atoms with van der Waals surface area (Å²) in [6.07, 6.45) is 0. The van der Waals surface area contributed by atoms with Crippen LogP contribution in [0.5, 0.6) is 5.75 Å². The van der Waals surface area contributed by atoms with Crippen LogP contribution in [0.2, 0.25) is 5.02 Å². The molecule has 0 radical (unpaired) electrons. The minimum absolute atomic E-state index is 0.341. The van der Waals surface area contributed by atoms with Gasteiger partial charge in [-0.1, -0.05) is 77.5 Å². The third-order valence-electron chi connectivity index (χ3n) is 4.72. The van der Waals surface area contributed by atoms with Crippen LogP contribution in [0.1, 0.15) is 10.4 Å². The molecule has 30 heavy (non-hydrogen) atoms. The van der Waals surface area contributed by atoms with Crippen LogP contribution >= 0.6 is 22.9 Å². The van der Waals surface area contributed by atoms with E-state index in [1.54, 1.807) is 25.3 Å². The van der Waals surface area contributed by atoms with Gasteiger partial charge in [-0.25, -0.2) is 0 Å². The van der Waals surface area contributed by atoms with Crippen LogP contribution in [0.4, 0.5) is 0 Å². The SMILES string of the molecule is COc1ccccc1C(=O)N=c1sc(-c2ccccc2)c(-c2ccc(Cl)cc2)n1C. The van der Waals surface area contributed by atoms with Gasteiger partial charge in [0.2, 0.25) is 0 Å². The Morgan fingerprint density at radius 1 is 0.933 bits per heavy atom. The zero-order valence-corrected chi connectivity index (χ0v) is 18.1. The number of methoxy groups -OCH3 is 1. The van der Waals surface area contributed by atoms with Gasteiger partial charge in [0.05, 0.1) is 23.2 Å². The third kappa shape index (κ3) is 3.95. The van der Waals surface area contributed by atoms with Gasteiger partial charge in [-0.2, -0.15) is 4.99 Å². The number of ether oxygens (including phenoxy) is 1. The average molecular weight is 435 g/mol. The van der Waals surface area contributed by atoms with E-state index in [0.717, 1.165) is 21.7 Å². The van der Waals surface area contributed by atoms with Gasteiger partial charge in [-0.05, 0) is 35.4 Å². The van der Waals surface area contributed by atoms with Crippen molar-refractivity contribution < 1.29 is 9.53 Å². The standard InChI is InChI=1S/C24H19ClN2O2S/c1-27-21(16-12-14-18(25)15-13-16)22(17-8-4-3-5-9-17)30-24(27)26-23(28)19-10-6-7-11-20(19)29-2/h3-15H,1-2H3. The van der Waals surface area contributed by atoms with Crippen molar-refractivity contribution in [1.29, 1.82) is 0 Å². The van der Waals surface area contributed by atoms with E-state index in [-0.39, 0.29) is 5.91 Å². The van der Waals surface area contributed by atoms with Crippen LogP contribution in [-0.2, 0) is 7.05 Å². The molecule has 0 saturated heterocycles. The Labute approximate surface area is 183 Å². The first-order chi connectivity index (χ1) is 14.6. The molecule has 0 aliphatic heterocycles. The summed E-state index contributed by atoms with van der Waals surface area (Å²) in [5.41, 5.74) is 3.48. The number of hydrogen-bond donors (Lipinski definition) is 0. The van der Waals surface area contributed by atoms with Crippen LogP contribution in [0, 0.1) is 0 Å². The number of nitrogens with zero attached hydrogens (tertiary/aromatic N) is 2. The number of carbonyl (C=O) groups excluding carboxylic acids is 1. The fraction of sp³-hybridized carbons (Fsp3) is 0.0833. The lowest BCUT2D eigenvalue weighted by Crippen LogP contribution is -2.14. The number of benzene rings is 3. The van der Waals surface area contributed by atoms with Crippen LogP contribution in [0.3, 0.4) is 0 Å². The second-order valence-corrected chi connectivity index (χ2v) is 8.03. The van der Waals surface area contributed by atoms with Crippen molar-refractivity contribution in [2.45, 2.75) is 0 Å². The molecule has 150 valence electrons. The van der Waals surface area contributed by atoms with Crippen molar-refractivity contribution in [3.05, 3.63) is 94.3 Å². The first-order valence-electron chi connectivity index (χ1n) is 9.31. The topological polar surface area (TPSA) is 43.6 Å². The molecular formula is C24H19ClN2O2S. The van der Waals surface area contributed by atoms with Crippen LogP contribution in [0.15, 0.2) is 83.9 Å².